The van der Waals surface area contributed by atoms with Crippen molar-refractivity contribution in [3.8, 4) is 0 Å². The monoisotopic (exact) mass is 416 g/mol. The van der Waals surface area contributed by atoms with Gasteiger partial charge in [0.05, 0.1) is 17.8 Å². The number of halogens is 1. The lowest BCUT2D eigenvalue weighted by atomic mass is 9.98. The molecule has 1 aliphatic carbocycles. The van der Waals surface area contributed by atoms with Crippen molar-refractivity contribution < 1.29 is 0 Å². The van der Waals surface area contributed by atoms with Crippen LogP contribution in [-0.2, 0) is 6.54 Å². The molecule has 1 aliphatic rings. The third kappa shape index (κ3) is 3.02. The summed E-state index contributed by atoms with van der Waals surface area (Å²) in [7, 11) is 0. The quantitative estimate of drug-likeness (QED) is 0.594. The maximum atomic E-state index is 4.73. The number of para-hydroxylation sites is 1. The zero-order chi connectivity index (χ0) is 15.6. The molecule has 4 nitrogen and oxygen atoms in total. The number of hydrogen-bond acceptors (Lipinski definition) is 3. The van der Waals surface area contributed by atoms with Crippen LogP contribution in [0, 0.1) is 3.70 Å². The van der Waals surface area contributed by atoms with Crippen molar-refractivity contribution in [2.24, 2.45) is 0 Å². The summed E-state index contributed by atoms with van der Waals surface area (Å²) in [5, 5.41) is 9.92. The molecular formula is C18H17IN4. The van der Waals surface area contributed by atoms with Crippen molar-refractivity contribution in [3.63, 3.8) is 0 Å². The van der Waals surface area contributed by atoms with Crippen LogP contribution in [0.25, 0.3) is 16.5 Å². The van der Waals surface area contributed by atoms with E-state index in [1.54, 1.807) is 0 Å². The highest BCUT2D eigenvalue weighted by molar-refractivity contribution is 14.1. The fraction of sp³-hybridized carbons (Fsp3) is 0.278. The van der Waals surface area contributed by atoms with Gasteiger partial charge in [0, 0.05) is 5.39 Å². The second kappa shape index (κ2) is 6.39. The van der Waals surface area contributed by atoms with Crippen LogP contribution in [0.2, 0.25) is 0 Å². The fourth-order valence-electron chi connectivity index (χ4n) is 3.00. The van der Waals surface area contributed by atoms with Crippen molar-refractivity contribution in [1.29, 1.82) is 0 Å². The maximum Gasteiger partial charge on any atom is 0.127 e. The van der Waals surface area contributed by atoms with Crippen LogP contribution in [0.3, 0.4) is 0 Å². The summed E-state index contributed by atoms with van der Waals surface area (Å²) in [6.07, 6.45) is 7.12. The predicted octanol–water partition coefficient (Wildman–Crippen LogP) is 4.44. The molecule has 0 saturated carbocycles. The molecule has 0 aliphatic heterocycles. The Hall–Kier alpha value is -1.76. The van der Waals surface area contributed by atoms with E-state index in [2.05, 4.69) is 57.2 Å². The molecule has 116 valence electrons. The van der Waals surface area contributed by atoms with Gasteiger partial charge in [0.15, 0.2) is 0 Å². The van der Waals surface area contributed by atoms with Gasteiger partial charge in [-0.3, -0.25) is 4.98 Å². The van der Waals surface area contributed by atoms with Gasteiger partial charge in [-0.15, -0.1) is 5.10 Å². The molecule has 0 N–H and O–H groups in total. The molecule has 0 fully saturated rings. The minimum Gasteiger partial charge on any atom is -0.251 e. The Morgan fingerprint density at radius 1 is 1.09 bits per heavy atom. The summed E-state index contributed by atoms with van der Waals surface area (Å²) in [5.41, 5.74) is 4.43. The fourth-order valence-corrected chi connectivity index (χ4v) is 3.72. The molecule has 0 saturated heterocycles. The zero-order valence-electron chi connectivity index (χ0n) is 12.7. The summed E-state index contributed by atoms with van der Waals surface area (Å²) in [4.78, 5) is 4.73. The van der Waals surface area contributed by atoms with Crippen LogP contribution < -0.4 is 0 Å². The Kier molecular flexibility index (Phi) is 4.11. The SMILES string of the molecule is Ic1c(C2=CCCCC2)nnn1Cc1ccc2ccccc2n1. The number of pyridine rings is 1. The zero-order valence-corrected chi connectivity index (χ0v) is 14.9. The van der Waals surface area contributed by atoms with Gasteiger partial charge in [-0.05, 0) is 66.0 Å². The highest BCUT2D eigenvalue weighted by Crippen LogP contribution is 2.28. The molecule has 2 heterocycles. The molecule has 0 unspecified atom stereocenters. The van der Waals surface area contributed by atoms with Gasteiger partial charge in [-0.25, -0.2) is 4.68 Å². The summed E-state index contributed by atoms with van der Waals surface area (Å²) in [6, 6.07) is 12.4. The molecule has 23 heavy (non-hydrogen) atoms. The van der Waals surface area contributed by atoms with Gasteiger partial charge in [0.2, 0.25) is 0 Å². The normalized spacial score (nSPS) is 14.9. The van der Waals surface area contributed by atoms with Gasteiger partial charge in [0.25, 0.3) is 0 Å². The van der Waals surface area contributed by atoms with E-state index < -0.39 is 0 Å². The largest absolute Gasteiger partial charge is 0.251 e. The Morgan fingerprint density at radius 3 is 2.87 bits per heavy atom. The van der Waals surface area contributed by atoms with Crippen molar-refractivity contribution in [2.75, 3.05) is 0 Å². The molecule has 3 aromatic rings. The predicted molar refractivity (Wildman–Crippen MR) is 100 cm³/mol. The average Bonchev–Trinajstić information content (AvgIpc) is 2.96. The van der Waals surface area contributed by atoms with Crippen molar-refractivity contribution in [3.05, 3.63) is 57.6 Å². The smallest absolute Gasteiger partial charge is 0.127 e. The van der Waals surface area contributed by atoms with Crippen molar-refractivity contribution >= 4 is 39.1 Å². The van der Waals surface area contributed by atoms with Crippen molar-refractivity contribution in [2.45, 2.75) is 32.2 Å². The minimum absolute atomic E-state index is 0.656. The first kappa shape index (κ1) is 14.8. The van der Waals surface area contributed by atoms with E-state index in [1.807, 2.05) is 22.9 Å². The summed E-state index contributed by atoms with van der Waals surface area (Å²) in [5.74, 6) is 0. The number of hydrogen-bond donors (Lipinski definition) is 0. The van der Waals surface area contributed by atoms with Gasteiger partial charge in [0.1, 0.15) is 9.39 Å². The molecule has 0 radical (unpaired) electrons. The van der Waals surface area contributed by atoms with Crippen LogP contribution in [0.15, 0.2) is 42.5 Å². The number of aromatic nitrogens is 4. The van der Waals surface area contributed by atoms with Crippen LogP contribution in [-0.4, -0.2) is 20.0 Å². The number of allylic oxidation sites excluding steroid dienone is 2. The number of rotatable bonds is 3. The van der Waals surface area contributed by atoms with E-state index in [-0.39, 0.29) is 0 Å². The summed E-state index contributed by atoms with van der Waals surface area (Å²) >= 11 is 2.35. The van der Waals surface area contributed by atoms with E-state index in [1.165, 1.54) is 18.4 Å². The standard InChI is InChI=1S/C18H17IN4/c19-18-17(14-7-2-1-3-8-14)21-22-23(18)12-15-11-10-13-6-4-5-9-16(13)20-15/h4-7,9-11H,1-3,8,12H2. The average molecular weight is 416 g/mol. The molecular weight excluding hydrogens is 399 g/mol. The molecule has 0 atom stereocenters. The number of benzene rings is 1. The Balaban J connectivity index is 1.63. The molecule has 4 rings (SSSR count). The van der Waals surface area contributed by atoms with Gasteiger partial charge >= 0.3 is 0 Å². The minimum atomic E-state index is 0.656. The van der Waals surface area contributed by atoms with Crippen LogP contribution in [0.4, 0.5) is 0 Å². The molecule has 0 amide bonds. The lowest BCUT2D eigenvalue weighted by Crippen LogP contribution is -2.06. The summed E-state index contributed by atoms with van der Waals surface area (Å²) < 4.78 is 3.05. The van der Waals surface area contributed by atoms with Crippen molar-refractivity contribution in [1.82, 2.24) is 20.0 Å². The highest BCUT2D eigenvalue weighted by Gasteiger charge is 2.16. The first-order valence-electron chi connectivity index (χ1n) is 7.94. The Bertz CT molecular complexity index is 882. The van der Waals surface area contributed by atoms with Crippen LogP contribution in [0.1, 0.15) is 37.1 Å². The molecule has 1 aromatic carbocycles. The Morgan fingerprint density at radius 2 is 2.00 bits per heavy atom. The number of fused-ring (bicyclic) bond motifs is 1. The van der Waals surface area contributed by atoms with E-state index >= 15 is 0 Å². The summed E-state index contributed by atoms with van der Waals surface area (Å²) in [6.45, 7) is 0.656. The first-order chi connectivity index (χ1) is 11.3. The lowest BCUT2D eigenvalue weighted by Gasteiger charge is -2.10. The van der Waals surface area contributed by atoms with Gasteiger partial charge in [-0.2, -0.15) is 0 Å². The molecule has 0 spiro atoms. The third-order valence-electron chi connectivity index (χ3n) is 4.24. The lowest BCUT2D eigenvalue weighted by molar-refractivity contribution is 0.627. The van der Waals surface area contributed by atoms with Crippen LogP contribution >= 0.6 is 22.6 Å². The van der Waals surface area contributed by atoms with E-state index in [9.17, 15) is 0 Å². The first-order valence-corrected chi connectivity index (χ1v) is 9.02. The van der Waals surface area contributed by atoms with Gasteiger partial charge in [-0.1, -0.05) is 35.6 Å². The maximum absolute atomic E-state index is 4.73. The van der Waals surface area contributed by atoms with Crippen LogP contribution in [0.5, 0.6) is 0 Å². The van der Waals surface area contributed by atoms with E-state index in [4.69, 9.17) is 4.98 Å². The van der Waals surface area contributed by atoms with E-state index in [0.717, 1.165) is 38.8 Å². The highest BCUT2D eigenvalue weighted by atomic mass is 127. The van der Waals surface area contributed by atoms with Gasteiger partial charge < -0.3 is 0 Å². The van der Waals surface area contributed by atoms with E-state index in [0.29, 0.717) is 6.54 Å². The second-order valence-electron chi connectivity index (χ2n) is 5.86. The second-order valence-corrected chi connectivity index (χ2v) is 6.88. The topological polar surface area (TPSA) is 43.6 Å². The number of nitrogens with zero attached hydrogens (tertiary/aromatic N) is 4. The molecule has 2 aromatic heterocycles. The third-order valence-corrected chi connectivity index (χ3v) is 5.31. The Labute approximate surface area is 148 Å². The molecule has 5 heteroatoms. The molecule has 0 bridgehead atoms.